The molecular weight excluding hydrogens is 196 g/mol. The second-order valence-corrected chi connectivity index (χ2v) is 3.96. The summed E-state index contributed by atoms with van der Waals surface area (Å²) in [5.41, 5.74) is 3.53. The molecule has 0 radical (unpaired) electrons. The predicted octanol–water partition coefficient (Wildman–Crippen LogP) is 4.27. The summed E-state index contributed by atoms with van der Waals surface area (Å²) in [7, 11) is 0. The number of hydrogen-bond acceptors (Lipinski definition) is 1. The van der Waals surface area contributed by atoms with Gasteiger partial charge < -0.3 is 4.74 Å². The molecule has 1 heterocycles. The van der Waals surface area contributed by atoms with Gasteiger partial charge in [-0.3, -0.25) is 0 Å². The van der Waals surface area contributed by atoms with Gasteiger partial charge in [-0.25, -0.2) is 0 Å². The van der Waals surface area contributed by atoms with Crippen molar-refractivity contribution in [1.29, 1.82) is 0 Å². The number of rotatable bonds is 0. The SMILES string of the molecule is Cc1cccc2c1C=Cc1ccccc1O2. The fourth-order valence-corrected chi connectivity index (χ4v) is 1.96. The lowest BCUT2D eigenvalue weighted by Gasteiger charge is -2.09. The van der Waals surface area contributed by atoms with Crippen molar-refractivity contribution in [3.8, 4) is 11.5 Å². The first-order valence-electron chi connectivity index (χ1n) is 5.39. The van der Waals surface area contributed by atoms with Gasteiger partial charge in [0.05, 0.1) is 0 Å². The Morgan fingerprint density at radius 2 is 1.62 bits per heavy atom. The highest BCUT2D eigenvalue weighted by atomic mass is 16.5. The van der Waals surface area contributed by atoms with Gasteiger partial charge in [-0.15, -0.1) is 0 Å². The van der Waals surface area contributed by atoms with Crippen LogP contribution >= 0.6 is 0 Å². The summed E-state index contributed by atoms with van der Waals surface area (Å²) in [5, 5.41) is 0. The average Bonchev–Trinajstić information content (AvgIpc) is 2.48. The summed E-state index contributed by atoms with van der Waals surface area (Å²) in [6, 6.07) is 14.2. The van der Waals surface area contributed by atoms with Crippen molar-refractivity contribution in [3.05, 3.63) is 59.2 Å². The van der Waals surface area contributed by atoms with E-state index in [1.165, 1.54) is 11.1 Å². The summed E-state index contributed by atoms with van der Waals surface area (Å²) in [4.78, 5) is 0. The average molecular weight is 208 g/mol. The fraction of sp³-hybridized carbons (Fsp3) is 0.0667. The minimum atomic E-state index is 0.920. The lowest BCUT2D eigenvalue weighted by molar-refractivity contribution is 0.481. The van der Waals surface area contributed by atoms with Crippen LogP contribution in [-0.4, -0.2) is 0 Å². The summed E-state index contributed by atoms with van der Waals surface area (Å²) in [6.07, 6.45) is 4.23. The molecular formula is C15H12O. The molecule has 0 saturated carbocycles. The van der Waals surface area contributed by atoms with Crippen LogP contribution < -0.4 is 4.74 Å². The summed E-state index contributed by atoms with van der Waals surface area (Å²) in [6.45, 7) is 2.10. The van der Waals surface area contributed by atoms with Crippen LogP contribution in [0.1, 0.15) is 16.7 Å². The van der Waals surface area contributed by atoms with Gasteiger partial charge in [-0.2, -0.15) is 0 Å². The van der Waals surface area contributed by atoms with E-state index in [1.54, 1.807) is 0 Å². The Morgan fingerprint density at radius 1 is 0.812 bits per heavy atom. The number of benzene rings is 2. The van der Waals surface area contributed by atoms with Gasteiger partial charge in [0.15, 0.2) is 0 Å². The van der Waals surface area contributed by atoms with E-state index in [1.807, 2.05) is 30.3 Å². The van der Waals surface area contributed by atoms with Crippen LogP contribution in [0.15, 0.2) is 42.5 Å². The van der Waals surface area contributed by atoms with Gasteiger partial charge in [0.1, 0.15) is 11.5 Å². The number of para-hydroxylation sites is 1. The Kier molecular flexibility index (Phi) is 2.03. The first-order valence-corrected chi connectivity index (χ1v) is 5.39. The second-order valence-electron chi connectivity index (χ2n) is 3.96. The Morgan fingerprint density at radius 3 is 2.56 bits per heavy atom. The van der Waals surface area contributed by atoms with E-state index in [0.717, 1.165) is 17.1 Å². The first-order chi connectivity index (χ1) is 7.84. The smallest absolute Gasteiger partial charge is 0.134 e. The Labute approximate surface area is 95.0 Å². The van der Waals surface area contributed by atoms with Gasteiger partial charge in [0, 0.05) is 11.1 Å². The zero-order valence-corrected chi connectivity index (χ0v) is 9.10. The molecule has 0 unspecified atom stereocenters. The number of fused-ring (bicyclic) bond motifs is 2. The molecule has 0 fully saturated rings. The Bertz CT molecular complexity index is 567. The summed E-state index contributed by atoms with van der Waals surface area (Å²) >= 11 is 0. The van der Waals surface area contributed by atoms with Crippen LogP contribution in [0.4, 0.5) is 0 Å². The molecule has 0 amide bonds. The molecule has 2 aromatic carbocycles. The number of aryl methyl sites for hydroxylation is 1. The highest BCUT2D eigenvalue weighted by Gasteiger charge is 2.10. The van der Waals surface area contributed by atoms with Crippen molar-refractivity contribution in [2.75, 3.05) is 0 Å². The Hall–Kier alpha value is -2.02. The lowest BCUT2D eigenvalue weighted by atomic mass is 10.1. The largest absolute Gasteiger partial charge is 0.456 e. The van der Waals surface area contributed by atoms with E-state index in [4.69, 9.17) is 4.74 Å². The van der Waals surface area contributed by atoms with E-state index in [0.29, 0.717) is 0 Å². The van der Waals surface area contributed by atoms with Crippen LogP contribution in [0.25, 0.3) is 12.2 Å². The van der Waals surface area contributed by atoms with Crippen LogP contribution in [0, 0.1) is 6.92 Å². The van der Waals surface area contributed by atoms with Crippen molar-refractivity contribution in [2.45, 2.75) is 6.92 Å². The summed E-state index contributed by atoms with van der Waals surface area (Å²) < 4.78 is 5.92. The molecule has 0 N–H and O–H groups in total. The highest BCUT2D eigenvalue weighted by molar-refractivity contribution is 5.78. The van der Waals surface area contributed by atoms with Crippen molar-refractivity contribution >= 4 is 12.2 Å². The molecule has 0 aromatic heterocycles. The quantitative estimate of drug-likeness (QED) is 0.536. The van der Waals surface area contributed by atoms with Gasteiger partial charge in [0.25, 0.3) is 0 Å². The number of ether oxygens (including phenoxy) is 1. The topological polar surface area (TPSA) is 9.23 Å². The van der Waals surface area contributed by atoms with Gasteiger partial charge in [-0.05, 0) is 24.6 Å². The monoisotopic (exact) mass is 208 g/mol. The Balaban J connectivity index is 2.21. The van der Waals surface area contributed by atoms with E-state index < -0.39 is 0 Å². The second kappa shape index (κ2) is 3.53. The van der Waals surface area contributed by atoms with Crippen LogP contribution in [0.3, 0.4) is 0 Å². The molecule has 3 rings (SSSR count). The van der Waals surface area contributed by atoms with Gasteiger partial charge >= 0.3 is 0 Å². The standard InChI is InChI=1S/C15H12O/c1-11-5-4-8-15-13(11)10-9-12-6-2-3-7-14(12)16-15/h2-10H,1H3. The molecule has 0 spiro atoms. The van der Waals surface area contributed by atoms with E-state index >= 15 is 0 Å². The molecule has 2 aromatic rings. The van der Waals surface area contributed by atoms with E-state index in [2.05, 4.69) is 31.2 Å². The molecule has 0 saturated heterocycles. The van der Waals surface area contributed by atoms with Crippen LogP contribution in [0.2, 0.25) is 0 Å². The minimum Gasteiger partial charge on any atom is -0.456 e. The van der Waals surface area contributed by atoms with E-state index in [9.17, 15) is 0 Å². The van der Waals surface area contributed by atoms with E-state index in [-0.39, 0.29) is 0 Å². The van der Waals surface area contributed by atoms with Crippen molar-refractivity contribution < 1.29 is 4.74 Å². The third-order valence-corrected chi connectivity index (χ3v) is 2.85. The zero-order valence-electron chi connectivity index (χ0n) is 9.10. The molecule has 78 valence electrons. The maximum absolute atomic E-state index is 5.92. The minimum absolute atomic E-state index is 0.920. The third-order valence-electron chi connectivity index (χ3n) is 2.85. The fourth-order valence-electron chi connectivity index (χ4n) is 1.96. The maximum atomic E-state index is 5.92. The first kappa shape index (κ1) is 9.22. The molecule has 1 heteroatoms. The normalized spacial score (nSPS) is 12.3. The molecule has 1 aliphatic heterocycles. The molecule has 1 nitrogen and oxygen atoms in total. The van der Waals surface area contributed by atoms with Crippen molar-refractivity contribution in [3.63, 3.8) is 0 Å². The zero-order chi connectivity index (χ0) is 11.0. The predicted molar refractivity (Wildman–Crippen MR) is 66.6 cm³/mol. The molecule has 0 aliphatic carbocycles. The molecule has 0 bridgehead atoms. The van der Waals surface area contributed by atoms with Crippen LogP contribution in [0.5, 0.6) is 11.5 Å². The maximum Gasteiger partial charge on any atom is 0.134 e. The number of hydrogen-bond donors (Lipinski definition) is 0. The van der Waals surface area contributed by atoms with Crippen molar-refractivity contribution in [2.24, 2.45) is 0 Å². The molecule has 0 atom stereocenters. The van der Waals surface area contributed by atoms with Gasteiger partial charge in [0.2, 0.25) is 0 Å². The highest BCUT2D eigenvalue weighted by Crippen LogP contribution is 2.34. The van der Waals surface area contributed by atoms with Crippen molar-refractivity contribution in [1.82, 2.24) is 0 Å². The molecule has 1 aliphatic rings. The summed E-state index contributed by atoms with van der Waals surface area (Å²) in [5.74, 6) is 1.85. The lowest BCUT2D eigenvalue weighted by Crippen LogP contribution is -1.88. The van der Waals surface area contributed by atoms with Gasteiger partial charge in [-0.1, -0.05) is 42.5 Å². The van der Waals surface area contributed by atoms with Crippen LogP contribution in [-0.2, 0) is 0 Å². The third kappa shape index (κ3) is 1.41. The molecule has 16 heavy (non-hydrogen) atoms.